The summed E-state index contributed by atoms with van der Waals surface area (Å²) in [5.41, 5.74) is 0.716. The second-order valence-corrected chi connectivity index (χ2v) is 9.65. The molecule has 3 aromatic heterocycles. The molecule has 0 unspecified atom stereocenters. The molecule has 0 atom stereocenters. The molecule has 4 radical (unpaired) electrons. The van der Waals surface area contributed by atoms with E-state index >= 15 is 0 Å². The minimum absolute atomic E-state index is 0.0844. The van der Waals surface area contributed by atoms with E-state index in [9.17, 15) is 18.4 Å². The molecule has 0 aliphatic carbocycles. The summed E-state index contributed by atoms with van der Waals surface area (Å²) in [5, 5.41) is 15.9. The van der Waals surface area contributed by atoms with Gasteiger partial charge in [0.15, 0.2) is 23.0 Å². The number of ether oxygens (including phenoxy) is 3. The minimum atomic E-state index is -2.29. The Bertz CT molecular complexity index is 1680. The predicted octanol–water partition coefficient (Wildman–Crippen LogP) is 1.44. The SMILES string of the molecule is [B]C([B])(NC(=O)c1cc(-c2ccc3nc(NC(=O)CO)cn3n2)cnc1OC)c1cc(F)cc(F)c1OC1CCOCC1. The number of carbonyl (C=O) groups is 2. The first kappa shape index (κ1) is 29.9. The zero-order chi connectivity index (χ0) is 30.7. The van der Waals surface area contributed by atoms with Crippen molar-refractivity contribution in [1.29, 1.82) is 0 Å². The Morgan fingerprint density at radius 1 is 1.21 bits per heavy atom. The minimum Gasteiger partial charge on any atom is -0.487 e. The summed E-state index contributed by atoms with van der Waals surface area (Å²) in [5.74, 6) is -3.80. The lowest BCUT2D eigenvalue weighted by atomic mass is 9.57. The zero-order valence-electron chi connectivity index (χ0n) is 22.8. The Hall–Kier alpha value is -4.56. The van der Waals surface area contributed by atoms with Crippen molar-refractivity contribution >= 4 is 39.0 Å². The molecule has 1 aliphatic rings. The lowest BCUT2D eigenvalue weighted by molar-refractivity contribution is -0.118. The van der Waals surface area contributed by atoms with Crippen molar-refractivity contribution in [3.05, 3.63) is 65.5 Å². The topological polar surface area (TPSA) is 149 Å². The van der Waals surface area contributed by atoms with Gasteiger partial charge in [-0.2, -0.15) is 5.10 Å². The number of aromatic nitrogens is 4. The van der Waals surface area contributed by atoms with Gasteiger partial charge in [0.2, 0.25) is 5.88 Å². The molecule has 1 saturated heterocycles. The number of aliphatic hydroxyl groups excluding tert-OH is 1. The average molecular weight is 588 g/mol. The van der Waals surface area contributed by atoms with Crippen molar-refractivity contribution in [1.82, 2.24) is 24.9 Å². The highest BCUT2D eigenvalue weighted by Gasteiger charge is 2.31. The van der Waals surface area contributed by atoms with Gasteiger partial charge in [0.05, 0.1) is 47.9 Å². The number of benzene rings is 1. The number of fused-ring (bicyclic) bond motifs is 1. The molecule has 43 heavy (non-hydrogen) atoms. The van der Waals surface area contributed by atoms with Crippen LogP contribution in [0.5, 0.6) is 11.6 Å². The molecule has 0 spiro atoms. The van der Waals surface area contributed by atoms with Crippen molar-refractivity contribution in [2.45, 2.75) is 24.3 Å². The number of pyridine rings is 1. The summed E-state index contributed by atoms with van der Waals surface area (Å²) in [4.78, 5) is 33.3. The number of halogens is 2. The van der Waals surface area contributed by atoms with Crippen LogP contribution in [-0.4, -0.2) is 85.2 Å². The van der Waals surface area contributed by atoms with E-state index in [0.29, 0.717) is 49.0 Å². The number of aliphatic hydroxyl groups is 1. The third kappa shape index (κ3) is 6.60. The molecule has 1 fully saturated rings. The maximum atomic E-state index is 14.9. The maximum absolute atomic E-state index is 14.9. The summed E-state index contributed by atoms with van der Waals surface area (Å²) >= 11 is 0. The molecular formula is C27H24B2F2N6O6. The fourth-order valence-corrected chi connectivity index (χ4v) is 4.47. The summed E-state index contributed by atoms with van der Waals surface area (Å²) in [7, 11) is 13.8. The van der Waals surface area contributed by atoms with Gasteiger partial charge in [-0.05, 0) is 29.6 Å². The van der Waals surface area contributed by atoms with Gasteiger partial charge in [0.1, 0.15) is 24.1 Å². The number of hydrogen-bond acceptors (Lipinski definition) is 9. The molecule has 16 heteroatoms. The van der Waals surface area contributed by atoms with Crippen molar-refractivity contribution in [3.63, 3.8) is 0 Å². The largest absolute Gasteiger partial charge is 0.487 e. The van der Waals surface area contributed by atoms with Crippen LogP contribution in [0.4, 0.5) is 14.6 Å². The number of amides is 2. The van der Waals surface area contributed by atoms with Crippen LogP contribution < -0.4 is 20.1 Å². The van der Waals surface area contributed by atoms with Crippen molar-refractivity contribution < 1.29 is 37.7 Å². The summed E-state index contributed by atoms with van der Waals surface area (Å²) in [6.07, 6.45) is 3.36. The first-order valence-corrected chi connectivity index (χ1v) is 13.0. The van der Waals surface area contributed by atoms with E-state index in [1.54, 1.807) is 12.1 Å². The Kier molecular flexibility index (Phi) is 8.59. The zero-order valence-corrected chi connectivity index (χ0v) is 22.8. The van der Waals surface area contributed by atoms with Crippen molar-refractivity contribution in [2.24, 2.45) is 0 Å². The third-order valence-electron chi connectivity index (χ3n) is 6.54. The summed E-state index contributed by atoms with van der Waals surface area (Å²) < 4.78 is 47.0. The average Bonchev–Trinajstić information content (AvgIpc) is 3.39. The molecule has 0 bridgehead atoms. The molecule has 1 aliphatic heterocycles. The van der Waals surface area contributed by atoms with Crippen molar-refractivity contribution in [2.75, 3.05) is 32.2 Å². The maximum Gasteiger partial charge on any atom is 0.256 e. The van der Waals surface area contributed by atoms with Gasteiger partial charge in [-0.1, -0.05) is 0 Å². The number of nitrogens with zero attached hydrogens (tertiary/aromatic N) is 4. The molecule has 1 aromatic carbocycles. The Morgan fingerprint density at radius 2 is 1.98 bits per heavy atom. The standard InChI is InChI=1S/C27H24B2F2N6O6/c1-41-26-17(8-14(11-32-26)20-2-3-22-33-21(12-37(22)36-20)34-23(39)13-38)25(40)35-27(28,29)18-9-15(30)10-19(31)24(18)43-16-4-6-42-7-5-16/h2-3,8-12,16,38H,4-7,13H2,1H3,(H,34,39)(H,35,40). The molecular weight excluding hydrogens is 564 g/mol. The Balaban J connectivity index is 1.44. The molecule has 3 N–H and O–H groups in total. The first-order valence-electron chi connectivity index (χ1n) is 13.0. The summed E-state index contributed by atoms with van der Waals surface area (Å²) in [6, 6.07) is 6.18. The third-order valence-corrected chi connectivity index (χ3v) is 6.54. The normalized spacial score (nSPS) is 14.0. The number of hydrogen-bond donors (Lipinski definition) is 3. The highest BCUT2D eigenvalue weighted by atomic mass is 19.1. The van der Waals surface area contributed by atoms with Crippen LogP contribution in [0, 0.1) is 11.6 Å². The molecule has 4 aromatic rings. The Labute approximate surface area is 246 Å². The number of imidazole rings is 1. The molecule has 218 valence electrons. The fraction of sp³-hybridized carbons (Fsp3) is 0.296. The van der Waals surface area contributed by atoms with E-state index in [0.717, 1.165) is 6.07 Å². The summed E-state index contributed by atoms with van der Waals surface area (Å²) in [6.45, 7) is 0.104. The van der Waals surface area contributed by atoms with Gasteiger partial charge in [-0.25, -0.2) is 23.3 Å². The molecule has 12 nitrogen and oxygen atoms in total. The fourth-order valence-electron chi connectivity index (χ4n) is 4.47. The van der Waals surface area contributed by atoms with Gasteiger partial charge in [-0.15, -0.1) is 0 Å². The second-order valence-electron chi connectivity index (χ2n) is 9.65. The number of nitrogens with one attached hydrogen (secondary N) is 2. The molecule has 2 amide bonds. The molecule has 4 heterocycles. The van der Waals surface area contributed by atoms with Crippen LogP contribution >= 0.6 is 0 Å². The number of rotatable bonds is 9. The van der Waals surface area contributed by atoms with Crippen LogP contribution in [0.2, 0.25) is 0 Å². The van der Waals surface area contributed by atoms with E-state index in [2.05, 4.69) is 25.7 Å². The van der Waals surface area contributed by atoms with Crippen LogP contribution in [-0.2, 0) is 14.9 Å². The van der Waals surface area contributed by atoms with E-state index in [1.807, 2.05) is 0 Å². The van der Waals surface area contributed by atoms with E-state index < -0.39 is 41.5 Å². The predicted molar refractivity (Wildman–Crippen MR) is 150 cm³/mol. The van der Waals surface area contributed by atoms with Crippen LogP contribution in [0.25, 0.3) is 16.9 Å². The monoisotopic (exact) mass is 588 g/mol. The lowest BCUT2D eigenvalue weighted by Crippen LogP contribution is -2.47. The van der Waals surface area contributed by atoms with Gasteiger partial charge < -0.3 is 30.0 Å². The van der Waals surface area contributed by atoms with E-state index in [4.69, 9.17) is 35.0 Å². The van der Waals surface area contributed by atoms with E-state index in [1.165, 1.54) is 30.1 Å². The van der Waals surface area contributed by atoms with Crippen LogP contribution in [0.15, 0.2) is 42.7 Å². The van der Waals surface area contributed by atoms with Crippen LogP contribution in [0.3, 0.4) is 0 Å². The van der Waals surface area contributed by atoms with Gasteiger partial charge >= 0.3 is 0 Å². The first-order chi connectivity index (χ1) is 20.6. The number of carbonyl (C=O) groups excluding carboxylic acids is 2. The highest BCUT2D eigenvalue weighted by molar-refractivity contribution is 6.41. The highest BCUT2D eigenvalue weighted by Crippen LogP contribution is 2.33. The molecule has 0 saturated carbocycles. The Morgan fingerprint density at radius 3 is 2.70 bits per heavy atom. The smallest absolute Gasteiger partial charge is 0.256 e. The van der Waals surface area contributed by atoms with Crippen LogP contribution in [0.1, 0.15) is 28.8 Å². The quantitative estimate of drug-likeness (QED) is 0.247. The number of anilines is 1. The second kappa shape index (κ2) is 12.4. The molecule has 5 rings (SSSR count). The van der Waals surface area contributed by atoms with Crippen molar-refractivity contribution in [3.8, 4) is 22.9 Å². The van der Waals surface area contributed by atoms with Gasteiger partial charge in [0, 0.05) is 36.2 Å². The van der Waals surface area contributed by atoms with Gasteiger partial charge in [-0.3, -0.25) is 9.59 Å². The number of methoxy groups -OCH3 is 1. The van der Waals surface area contributed by atoms with E-state index in [-0.39, 0.29) is 28.6 Å². The lowest BCUT2D eigenvalue weighted by Gasteiger charge is -2.32. The van der Waals surface area contributed by atoms with Gasteiger partial charge in [0.25, 0.3) is 11.8 Å².